The number of aliphatic hydroxyl groups excluding tert-OH is 1. The van der Waals surface area contributed by atoms with Crippen molar-refractivity contribution in [3.63, 3.8) is 0 Å². The highest BCUT2D eigenvalue weighted by atomic mass is 16.6. The van der Waals surface area contributed by atoms with Crippen LogP contribution in [0.25, 0.3) is 0 Å². The van der Waals surface area contributed by atoms with E-state index in [4.69, 9.17) is 9.47 Å². The molecule has 1 N–H and O–H groups in total. The van der Waals surface area contributed by atoms with Gasteiger partial charge in [0.15, 0.2) is 6.04 Å². The Morgan fingerprint density at radius 1 is 0.857 bits per heavy atom. The molecule has 8 nitrogen and oxygen atoms in total. The highest BCUT2D eigenvalue weighted by Crippen LogP contribution is 2.12. The van der Waals surface area contributed by atoms with Gasteiger partial charge in [0.2, 0.25) is 0 Å². The fourth-order valence-electron chi connectivity index (χ4n) is 2.30. The standard InChI is InChI=1S/C20H21NO7/c1-26-18(23)17(12-22)21(19(24)27-13-15-8-4-2-5-9-15)20(25)28-14-16-10-6-3-7-11-16/h2-11,17,22H,12-14H2,1H3/t17-/m0/s1. The number of nitrogens with zero attached hydrogens (tertiary/aromatic N) is 1. The Kier molecular flexibility index (Phi) is 7.98. The number of ether oxygens (including phenoxy) is 3. The molecule has 0 aliphatic carbocycles. The van der Waals surface area contributed by atoms with Crippen LogP contribution >= 0.6 is 0 Å². The summed E-state index contributed by atoms with van der Waals surface area (Å²) in [7, 11) is 1.08. The lowest BCUT2D eigenvalue weighted by molar-refractivity contribution is -0.147. The molecule has 0 saturated heterocycles. The Morgan fingerprint density at radius 2 is 1.29 bits per heavy atom. The highest BCUT2D eigenvalue weighted by Gasteiger charge is 2.38. The molecule has 0 fully saturated rings. The Labute approximate surface area is 162 Å². The van der Waals surface area contributed by atoms with E-state index in [1.54, 1.807) is 60.7 Å². The Morgan fingerprint density at radius 3 is 1.64 bits per heavy atom. The Balaban J connectivity index is 2.11. The summed E-state index contributed by atoms with van der Waals surface area (Å²) in [6, 6.07) is 16.0. The van der Waals surface area contributed by atoms with Crippen molar-refractivity contribution >= 4 is 18.2 Å². The van der Waals surface area contributed by atoms with Crippen molar-refractivity contribution in [2.45, 2.75) is 19.3 Å². The van der Waals surface area contributed by atoms with Crippen LogP contribution in [0.4, 0.5) is 9.59 Å². The molecule has 28 heavy (non-hydrogen) atoms. The normalized spacial score (nSPS) is 11.2. The van der Waals surface area contributed by atoms with Crippen LogP contribution in [-0.4, -0.2) is 47.9 Å². The van der Waals surface area contributed by atoms with Gasteiger partial charge in [0.25, 0.3) is 0 Å². The van der Waals surface area contributed by atoms with Gasteiger partial charge in [-0.25, -0.2) is 14.4 Å². The number of esters is 1. The zero-order valence-corrected chi connectivity index (χ0v) is 15.3. The van der Waals surface area contributed by atoms with Gasteiger partial charge in [-0.3, -0.25) is 0 Å². The van der Waals surface area contributed by atoms with Gasteiger partial charge in [-0.1, -0.05) is 60.7 Å². The van der Waals surface area contributed by atoms with E-state index in [-0.39, 0.29) is 13.2 Å². The van der Waals surface area contributed by atoms with Crippen molar-refractivity contribution in [3.8, 4) is 0 Å². The van der Waals surface area contributed by atoms with Crippen LogP contribution in [0.2, 0.25) is 0 Å². The molecule has 148 valence electrons. The van der Waals surface area contributed by atoms with Crippen molar-refractivity contribution in [2.24, 2.45) is 0 Å². The van der Waals surface area contributed by atoms with E-state index in [0.717, 1.165) is 7.11 Å². The second kappa shape index (κ2) is 10.7. The lowest BCUT2D eigenvalue weighted by atomic mass is 10.2. The summed E-state index contributed by atoms with van der Waals surface area (Å²) < 4.78 is 14.8. The first-order chi connectivity index (χ1) is 13.6. The zero-order valence-electron chi connectivity index (χ0n) is 15.3. The Bertz CT molecular complexity index is 724. The first kappa shape index (κ1) is 20.9. The van der Waals surface area contributed by atoms with E-state index in [0.29, 0.717) is 16.0 Å². The monoisotopic (exact) mass is 387 g/mol. The molecule has 8 heteroatoms. The van der Waals surface area contributed by atoms with Crippen LogP contribution in [0.1, 0.15) is 11.1 Å². The summed E-state index contributed by atoms with van der Waals surface area (Å²) in [5.74, 6) is -0.976. The minimum atomic E-state index is -1.59. The summed E-state index contributed by atoms with van der Waals surface area (Å²) in [6.45, 7) is -1.09. The number of benzene rings is 2. The number of hydrogen-bond acceptors (Lipinski definition) is 7. The molecule has 2 rings (SSSR count). The number of carbonyl (C=O) groups is 3. The maximum absolute atomic E-state index is 12.5. The van der Waals surface area contributed by atoms with Crippen molar-refractivity contribution in [2.75, 3.05) is 13.7 Å². The van der Waals surface area contributed by atoms with E-state index in [1.165, 1.54) is 0 Å². The Hall–Kier alpha value is -3.39. The third-order valence-electron chi connectivity index (χ3n) is 3.76. The van der Waals surface area contributed by atoms with Gasteiger partial charge in [-0.2, -0.15) is 4.90 Å². The molecule has 1 atom stereocenters. The first-order valence-electron chi connectivity index (χ1n) is 8.46. The van der Waals surface area contributed by atoms with Crippen molar-refractivity contribution in [1.82, 2.24) is 4.90 Å². The molecule has 0 saturated carbocycles. The third kappa shape index (κ3) is 5.82. The highest BCUT2D eigenvalue weighted by molar-refractivity contribution is 5.93. The summed E-state index contributed by atoms with van der Waals surface area (Å²) in [5.41, 5.74) is 1.37. The summed E-state index contributed by atoms with van der Waals surface area (Å²) in [4.78, 5) is 37.3. The molecule has 0 unspecified atom stereocenters. The molecule has 2 aromatic carbocycles. The van der Waals surface area contributed by atoms with Gasteiger partial charge in [0, 0.05) is 0 Å². The quantitative estimate of drug-likeness (QED) is 0.575. The SMILES string of the molecule is COC(=O)[C@H](CO)N(C(=O)OCc1ccccc1)C(=O)OCc1ccccc1. The summed E-state index contributed by atoms with van der Waals surface area (Å²) in [5, 5.41) is 9.51. The molecule has 0 spiro atoms. The number of rotatable bonds is 7. The zero-order chi connectivity index (χ0) is 20.4. The van der Waals surface area contributed by atoms with E-state index in [9.17, 15) is 19.5 Å². The van der Waals surface area contributed by atoms with Crippen molar-refractivity contribution in [3.05, 3.63) is 71.8 Å². The van der Waals surface area contributed by atoms with Crippen LogP contribution in [0.15, 0.2) is 60.7 Å². The van der Waals surface area contributed by atoms with Gasteiger partial charge in [-0.15, -0.1) is 0 Å². The minimum absolute atomic E-state index is 0.124. The van der Waals surface area contributed by atoms with Gasteiger partial charge in [-0.05, 0) is 11.1 Å². The average Bonchev–Trinajstić information content (AvgIpc) is 2.75. The number of aliphatic hydroxyl groups is 1. The summed E-state index contributed by atoms with van der Waals surface area (Å²) >= 11 is 0. The smallest absolute Gasteiger partial charge is 0.420 e. The number of amides is 2. The molecule has 2 amide bonds. The predicted octanol–water partition coefficient (Wildman–Crippen LogP) is 2.50. The number of imide groups is 1. The summed E-state index contributed by atoms with van der Waals surface area (Å²) in [6.07, 6.45) is -2.27. The van der Waals surface area contributed by atoms with E-state index in [1.807, 2.05) is 0 Å². The molecule has 0 radical (unpaired) electrons. The van der Waals surface area contributed by atoms with Gasteiger partial charge >= 0.3 is 18.2 Å². The van der Waals surface area contributed by atoms with Crippen LogP contribution in [0.3, 0.4) is 0 Å². The maximum Gasteiger partial charge on any atom is 0.420 e. The third-order valence-corrected chi connectivity index (χ3v) is 3.76. The fourth-order valence-corrected chi connectivity index (χ4v) is 2.30. The van der Waals surface area contributed by atoms with Crippen LogP contribution in [0, 0.1) is 0 Å². The largest absolute Gasteiger partial charge is 0.467 e. The molecule has 2 aromatic rings. The topological polar surface area (TPSA) is 102 Å². The number of methoxy groups -OCH3 is 1. The van der Waals surface area contributed by atoms with E-state index < -0.39 is 30.8 Å². The molecule has 0 heterocycles. The van der Waals surface area contributed by atoms with E-state index in [2.05, 4.69) is 4.74 Å². The molecule has 0 aliphatic heterocycles. The lowest BCUT2D eigenvalue weighted by Crippen LogP contribution is -2.51. The second-order valence-corrected chi connectivity index (χ2v) is 5.67. The average molecular weight is 387 g/mol. The number of hydrogen-bond donors (Lipinski definition) is 1. The molecule has 0 aliphatic rings. The van der Waals surface area contributed by atoms with Crippen molar-refractivity contribution in [1.29, 1.82) is 0 Å². The van der Waals surface area contributed by atoms with Gasteiger partial charge < -0.3 is 19.3 Å². The van der Waals surface area contributed by atoms with Crippen LogP contribution in [-0.2, 0) is 32.2 Å². The number of carbonyl (C=O) groups excluding carboxylic acids is 3. The van der Waals surface area contributed by atoms with Crippen molar-refractivity contribution < 1.29 is 33.7 Å². The fraction of sp³-hybridized carbons (Fsp3) is 0.250. The molecule has 0 bridgehead atoms. The van der Waals surface area contributed by atoms with Gasteiger partial charge in [0.1, 0.15) is 13.2 Å². The van der Waals surface area contributed by atoms with Gasteiger partial charge in [0.05, 0.1) is 13.7 Å². The van der Waals surface area contributed by atoms with Crippen LogP contribution in [0.5, 0.6) is 0 Å². The van der Waals surface area contributed by atoms with Crippen LogP contribution < -0.4 is 0 Å². The predicted molar refractivity (Wildman–Crippen MR) is 98.0 cm³/mol. The molecular weight excluding hydrogens is 366 g/mol. The first-order valence-corrected chi connectivity index (χ1v) is 8.46. The molecular formula is C20H21NO7. The lowest BCUT2D eigenvalue weighted by Gasteiger charge is -2.25. The minimum Gasteiger partial charge on any atom is -0.467 e. The molecule has 0 aromatic heterocycles. The van der Waals surface area contributed by atoms with E-state index >= 15 is 0 Å². The maximum atomic E-state index is 12.5. The second-order valence-electron chi connectivity index (χ2n) is 5.67.